The van der Waals surface area contributed by atoms with Gasteiger partial charge in [-0.2, -0.15) is 0 Å². The summed E-state index contributed by atoms with van der Waals surface area (Å²) in [4.78, 5) is 2.40. The first-order valence-corrected chi connectivity index (χ1v) is 6.56. The average Bonchev–Trinajstić information content (AvgIpc) is 2.84. The van der Waals surface area contributed by atoms with E-state index in [1.165, 1.54) is 5.56 Å². The fraction of sp³-hybridized carbons (Fsp3) is 0.571. The predicted octanol–water partition coefficient (Wildman–Crippen LogP) is 0.204. The number of hydrogen-bond donors (Lipinski definition) is 3. The molecule has 3 N–H and O–H groups in total. The van der Waals surface area contributed by atoms with Crippen molar-refractivity contribution < 1.29 is 10.2 Å². The van der Waals surface area contributed by atoms with Gasteiger partial charge < -0.3 is 15.5 Å². The van der Waals surface area contributed by atoms with E-state index in [0.717, 1.165) is 26.1 Å². The molecule has 1 aliphatic heterocycles. The lowest BCUT2D eigenvalue weighted by atomic mass is 10.2. The normalized spacial score (nSPS) is 20.7. The van der Waals surface area contributed by atoms with Gasteiger partial charge >= 0.3 is 0 Å². The summed E-state index contributed by atoms with van der Waals surface area (Å²) in [5.74, 6) is 0. The first-order valence-electron chi connectivity index (χ1n) is 6.56. The Labute approximate surface area is 108 Å². The Bertz CT molecular complexity index is 341. The second-order valence-electron chi connectivity index (χ2n) is 4.94. The predicted molar refractivity (Wildman–Crippen MR) is 71.2 cm³/mol. The van der Waals surface area contributed by atoms with Crippen LogP contribution in [0, 0.1) is 0 Å². The van der Waals surface area contributed by atoms with Crippen molar-refractivity contribution in [2.45, 2.75) is 25.0 Å². The highest BCUT2D eigenvalue weighted by Gasteiger charge is 2.24. The minimum atomic E-state index is -0.188. The van der Waals surface area contributed by atoms with Crippen LogP contribution in [-0.2, 0) is 6.54 Å². The van der Waals surface area contributed by atoms with Crippen LogP contribution in [0.3, 0.4) is 0 Å². The number of likely N-dealkylation sites (tertiary alicyclic amines) is 1. The molecule has 1 saturated heterocycles. The molecule has 1 fully saturated rings. The van der Waals surface area contributed by atoms with E-state index in [2.05, 4.69) is 34.5 Å². The van der Waals surface area contributed by atoms with E-state index in [-0.39, 0.29) is 19.3 Å². The molecule has 4 heteroatoms. The van der Waals surface area contributed by atoms with Crippen molar-refractivity contribution in [3.8, 4) is 0 Å². The van der Waals surface area contributed by atoms with Crippen molar-refractivity contribution in [2.24, 2.45) is 0 Å². The van der Waals surface area contributed by atoms with Gasteiger partial charge in [-0.05, 0) is 12.0 Å². The van der Waals surface area contributed by atoms with Crippen molar-refractivity contribution in [3.05, 3.63) is 35.9 Å². The SMILES string of the molecule is OCC(CO)NC1CCN(Cc2ccccc2)C1. The van der Waals surface area contributed by atoms with Crippen molar-refractivity contribution in [1.82, 2.24) is 10.2 Å². The Balaban J connectivity index is 1.78. The summed E-state index contributed by atoms with van der Waals surface area (Å²) in [5.41, 5.74) is 1.33. The number of hydrogen-bond acceptors (Lipinski definition) is 4. The smallest absolute Gasteiger partial charge is 0.0607 e. The van der Waals surface area contributed by atoms with Crippen LogP contribution >= 0.6 is 0 Å². The van der Waals surface area contributed by atoms with E-state index in [4.69, 9.17) is 10.2 Å². The molecular weight excluding hydrogens is 228 g/mol. The van der Waals surface area contributed by atoms with Crippen LogP contribution in [0.15, 0.2) is 30.3 Å². The zero-order chi connectivity index (χ0) is 12.8. The highest BCUT2D eigenvalue weighted by atomic mass is 16.3. The zero-order valence-electron chi connectivity index (χ0n) is 10.6. The molecule has 100 valence electrons. The number of nitrogens with zero attached hydrogens (tertiary/aromatic N) is 1. The Kier molecular flexibility index (Phi) is 5.13. The maximum absolute atomic E-state index is 9.05. The average molecular weight is 250 g/mol. The fourth-order valence-corrected chi connectivity index (χ4v) is 2.45. The van der Waals surface area contributed by atoms with Gasteiger partial charge in [-0.1, -0.05) is 30.3 Å². The second kappa shape index (κ2) is 6.85. The molecule has 0 amide bonds. The molecule has 0 saturated carbocycles. The summed E-state index contributed by atoms with van der Waals surface area (Å²) in [6, 6.07) is 10.6. The largest absolute Gasteiger partial charge is 0.395 e. The summed E-state index contributed by atoms with van der Waals surface area (Å²) in [6.45, 7) is 3.00. The van der Waals surface area contributed by atoms with E-state index in [0.29, 0.717) is 6.04 Å². The minimum Gasteiger partial charge on any atom is -0.395 e. The van der Waals surface area contributed by atoms with Crippen LogP contribution in [0.2, 0.25) is 0 Å². The quantitative estimate of drug-likeness (QED) is 0.675. The molecular formula is C14H22N2O2. The van der Waals surface area contributed by atoms with E-state index in [1.807, 2.05) is 6.07 Å². The Morgan fingerprint density at radius 2 is 1.94 bits per heavy atom. The Morgan fingerprint density at radius 1 is 1.22 bits per heavy atom. The summed E-state index contributed by atoms with van der Waals surface area (Å²) >= 11 is 0. The van der Waals surface area contributed by atoms with Crippen LogP contribution in [0.5, 0.6) is 0 Å². The standard InChI is InChI=1S/C14H22N2O2/c17-10-14(11-18)15-13-6-7-16(9-13)8-12-4-2-1-3-5-12/h1-5,13-15,17-18H,6-11H2. The van der Waals surface area contributed by atoms with Crippen molar-refractivity contribution in [3.63, 3.8) is 0 Å². The van der Waals surface area contributed by atoms with Crippen LogP contribution in [0.1, 0.15) is 12.0 Å². The number of benzene rings is 1. The highest BCUT2D eigenvalue weighted by molar-refractivity contribution is 5.14. The zero-order valence-corrected chi connectivity index (χ0v) is 10.6. The Hall–Kier alpha value is -0.940. The number of nitrogens with one attached hydrogen (secondary N) is 1. The third-order valence-corrected chi connectivity index (χ3v) is 3.43. The van der Waals surface area contributed by atoms with Crippen LogP contribution in [-0.4, -0.2) is 53.5 Å². The van der Waals surface area contributed by atoms with E-state index in [9.17, 15) is 0 Å². The van der Waals surface area contributed by atoms with Crippen LogP contribution in [0.25, 0.3) is 0 Å². The van der Waals surface area contributed by atoms with Crippen molar-refractivity contribution in [1.29, 1.82) is 0 Å². The number of aliphatic hydroxyl groups excluding tert-OH is 2. The molecule has 1 heterocycles. The van der Waals surface area contributed by atoms with E-state index in [1.54, 1.807) is 0 Å². The van der Waals surface area contributed by atoms with Gasteiger partial charge in [0.15, 0.2) is 0 Å². The molecule has 0 spiro atoms. The highest BCUT2D eigenvalue weighted by Crippen LogP contribution is 2.13. The van der Waals surface area contributed by atoms with Gasteiger partial charge in [-0.25, -0.2) is 0 Å². The molecule has 18 heavy (non-hydrogen) atoms. The topological polar surface area (TPSA) is 55.7 Å². The maximum atomic E-state index is 9.05. The molecule has 1 unspecified atom stereocenters. The minimum absolute atomic E-state index is 0.00825. The van der Waals surface area contributed by atoms with Gasteiger partial charge in [0.25, 0.3) is 0 Å². The van der Waals surface area contributed by atoms with Gasteiger partial charge in [0.05, 0.1) is 19.3 Å². The molecule has 0 bridgehead atoms. The van der Waals surface area contributed by atoms with E-state index < -0.39 is 0 Å². The number of aliphatic hydroxyl groups is 2. The lowest BCUT2D eigenvalue weighted by molar-refractivity contribution is 0.161. The van der Waals surface area contributed by atoms with Crippen LogP contribution in [0.4, 0.5) is 0 Å². The summed E-state index contributed by atoms with van der Waals surface area (Å²) in [7, 11) is 0. The third-order valence-electron chi connectivity index (χ3n) is 3.43. The molecule has 1 atom stereocenters. The molecule has 0 aromatic heterocycles. The first kappa shape index (κ1) is 13.5. The molecule has 4 nitrogen and oxygen atoms in total. The molecule has 1 aromatic rings. The summed E-state index contributed by atoms with van der Waals surface area (Å²) < 4.78 is 0. The van der Waals surface area contributed by atoms with Gasteiger partial charge in [0.2, 0.25) is 0 Å². The lowest BCUT2D eigenvalue weighted by Crippen LogP contribution is -2.44. The van der Waals surface area contributed by atoms with Crippen molar-refractivity contribution >= 4 is 0 Å². The first-order chi connectivity index (χ1) is 8.81. The van der Waals surface area contributed by atoms with Gasteiger partial charge in [0, 0.05) is 25.7 Å². The summed E-state index contributed by atoms with van der Waals surface area (Å²) in [5, 5.41) is 21.4. The second-order valence-corrected chi connectivity index (χ2v) is 4.94. The van der Waals surface area contributed by atoms with Crippen LogP contribution < -0.4 is 5.32 Å². The Morgan fingerprint density at radius 3 is 2.61 bits per heavy atom. The number of rotatable bonds is 6. The monoisotopic (exact) mass is 250 g/mol. The fourth-order valence-electron chi connectivity index (χ4n) is 2.45. The van der Waals surface area contributed by atoms with E-state index >= 15 is 0 Å². The maximum Gasteiger partial charge on any atom is 0.0607 e. The lowest BCUT2D eigenvalue weighted by Gasteiger charge is -2.20. The third kappa shape index (κ3) is 3.78. The summed E-state index contributed by atoms with van der Waals surface area (Å²) in [6.07, 6.45) is 1.07. The molecule has 0 radical (unpaired) electrons. The van der Waals surface area contributed by atoms with Gasteiger partial charge in [0.1, 0.15) is 0 Å². The molecule has 1 aromatic carbocycles. The van der Waals surface area contributed by atoms with Crippen molar-refractivity contribution in [2.75, 3.05) is 26.3 Å². The van der Waals surface area contributed by atoms with Gasteiger partial charge in [-0.3, -0.25) is 4.90 Å². The molecule has 0 aliphatic carbocycles. The molecule has 2 rings (SSSR count). The van der Waals surface area contributed by atoms with Gasteiger partial charge in [-0.15, -0.1) is 0 Å². The molecule has 1 aliphatic rings.